The molecule has 50 heavy (non-hydrogen) atoms. The van der Waals surface area contributed by atoms with Crippen molar-refractivity contribution >= 4 is 45.5 Å². The zero-order valence-corrected chi connectivity index (χ0v) is 33.0. The average molecular weight is 739 g/mol. The molecule has 0 aromatic rings. The Balaban J connectivity index is 1.22. The van der Waals surface area contributed by atoms with Crippen LogP contribution in [0, 0.1) is 11.8 Å². The van der Waals surface area contributed by atoms with Crippen molar-refractivity contribution < 1.29 is 19.2 Å². The van der Waals surface area contributed by atoms with Gasteiger partial charge >= 0.3 is 12.1 Å². The van der Waals surface area contributed by atoms with Gasteiger partial charge < -0.3 is 40.0 Å². The van der Waals surface area contributed by atoms with E-state index in [9.17, 15) is 19.2 Å². The van der Waals surface area contributed by atoms with Crippen LogP contribution in [0.15, 0.2) is 0 Å². The van der Waals surface area contributed by atoms with Gasteiger partial charge in [-0.3, -0.25) is 9.59 Å². The Hall–Kier alpha value is -1.90. The summed E-state index contributed by atoms with van der Waals surface area (Å²) in [5, 5.41) is 6.02. The summed E-state index contributed by atoms with van der Waals surface area (Å²) in [4.78, 5) is 65.0. The molecule has 0 spiro atoms. The quantitative estimate of drug-likeness (QED) is 0.171. The lowest BCUT2D eigenvalue weighted by Gasteiger charge is -2.34. The summed E-state index contributed by atoms with van der Waals surface area (Å²) in [5.74, 6) is 2.89. The lowest BCUT2D eigenvalue weighted by atomic mass is 10.0. The van der Waals surface area contributed by atoms with E-state index >= 15 is 0 Å². The minimum absolute atomic E-state index is 0.00765. The Bertz CT molecular complexity index is 979. The Labute approximate surface area is 309 Å². The van der Waals surface area contributed by atoms with E-state index in [0.29, 0.717) is 64.2 Å². The molecule has 2 unspecified atom stereocenters. The summed E-state index contributed by atoms with van der Waals surface area (Å²) in [6, 6.07) is -1.41. The average Bonchev–Trinajstić information content (AvgIpc) is 3.84. The van der Waals surface area contributed by atoms with Crippen molar-refractivity contribution in [3.8, 4) is 0 Å². The fraction of sp³-hybridized carbons (Fsp3) is 0.889. The highest BCUT2D eigenvalue weighted by Crippen LogP contribution is 2.29. The third-order valence-corrected chi connectivity index (χ3v) is 13.5. The van der Waals surface area contributed by atoms with Crippen molar-refractivity contribution in [3.63, 3.8) is 0 Å². The van der Waals surface area contributed by atoms with Crippen molar-refractivity contribution in [1.82, 2.24) is 40.0 Å². The number of carbonyl (C=O) groups excluding carboxylic acids is 4. The van der Waals surface area contributed by atoms with E-state index in [4.69, 9.17) is 0 Å². The van der Waals surface area contributed by atoms with Gasteiger partial charge in [0.2, 0.25) is 11.8 Å². The van der Waals surface area contributed by atoms with Gasteiger partial charge in [0.25, 0.3) is 0 Å². The van der Waals surface area contributed by atoms with E-state index in [1.165, 1.54) is 51.4 Å². The molecule has 12 nitrogen and oxygen atoms in total. The predicted octanol–water partition coefficient (Wildman–Crippen LogP) is 3.88. The number of carbonyl (C=O) groups is 4. The summed E-state index contributed by atoms with van der Waals surface area (Å²) in [6.07, 6.45) is 12.1. The summed E-state index contributed by atoms with van der Waals surface area (Å²) < 4.78 is 0. The number of hydrogen-bond donors (Lipinski definition) is 2. The van der Waals surface area contributed by atoms with Gasteiger partial charge in [0.15, 0.2) is 0 Å². The van der Waals surface area contributed by atoms with Crippen molar-refractivity contribution in [2.45, 2.75) is 90.1 Å². The zero-order valence-electron chi connectivity index (χ0n) is 31.4. The van der Waals surface area contributed by atoms with E-state index in [1.54, 1.807) is 35.4 Å². The second-order valence-electron chi connectivity index (χ2n) is 15.1. The number of likely N-dealkylation sites (N-methyl/N-ethyl adjacent to an activating group) is 2. The van der Waals surface area contributed by atoms with Gasteiger partial charge in [-0.25, -0.2) is 9.59 Å². The van der Waals surface area contributed by atoms with Crippen LogP contribution in [-0.4, -0.2) is 169 Å². The Morgan fingerprint density at radius 2 is 0.920 bits per heavy atom. The van der Waals surface area contributed by atoms with Gasteiger partial charge in [0.05, 0.1) is 0 Å². The van der Waals surface area contributed by atoms with Crippen LogP contribution in [-0.2, 0) is 9.59 Å². The molecular formula is C36H66N8O4S2. The van der Waals surface area contributed by atoms with Crippen molar-refractivity contribution in [2.24, 2.45) is 11.8 Å². The molecule has 6 amide bonds. The minimum atomic E-state index is -0.553. The number of nitrogens with one attached hydrogen (secondary N) is 2. The molecule has 2 saturated carbocycles. The van der Waals surface area contributed by atoms with E-state index in [0.717, 1.165) is 50.5 Å². The maximum atomic E-state index is 13.5. The van der Waals surface area contributed by atoms with Crippen LogP contribution in [0.2, 0.25) is 0 Å². The van der Waals surface area contributed by atoms with E-state index in [-0.39, 0.29) is 23.9 Å². The normalized spacial score (nSPS) is 20.9. The molecule has 2 saturated heterocycles. The predicted molar refractivity (Wildman–Crippen MR) is 205 cm³/mol. The molecular weight excluding hydrogens is 673 g/mol. The highest BCUT2D eigenvalue weighted by atomic mass is 33.1. The van der Waals surface area contributed by atoms with Gasteiger partial charge in [0, 0.05) is 90.0 Å². The number of piperazine rings is 2. The molecule has 14 heteroatoms. The highest BCUT2D eigenvalue weighted by Gasteiger charge is 2.29. The van der Waals surface area contributed by atoms with Gasteiger partial charge in [-0.2, -0.15) is 0 Å². The largest absolute Gasteiger partial charge is 0.338 e. The molecule has 4 fully saturated rings. The van der Waals surface area contributed by atoms with Crippen molar-refractivity contribution in [3.05, 3.63) is 0 Å². The fourth-order valence-corrected chi connectivity index (χ4v) is 9.58. The van der Waals surface area contributed by atoms with Crippen LogP contribution in [0.3, 0.4) is 0 Å². The second kappa shape index (κ2) is 21.6. The molecule has 0 radical (unpaired) electrons. The summed E-state index contributed by atoms with van der Waals surface area (Å²) >= 11 is 0. The van der Waals surface area contributed by atoms with Gasteiger partial charge in [-0.05, 0) is 52.6 Å². The lowest BCUT2D eigenvalue weighted by molar-refractivity contribution is -0.135. The number of urea groups is 2. The first-order valence-corrected chi connectivity index (χ1v) is 21.9. The maximum Gasteiger partial charge on any atom is 0.318 e. The SMILES string of the molecule is CC(NC(=O)N(CCSSCCN(CCC1CCCC1)C(=O)NC(C)C(=O)N1CCN(C)CC1)CCC1CCCC1)C(=O)N1CCN(C)CC1. The summed E-state index contributed by atoms with van der Waals surface area (Å²) in [6.45, 7) is 12.4. The number of nitrogens with zero attached hydrogens (tertiary/aromatic N) is 6. The van der Waals surface area contributed by atoms with Crippen LogP contribution in [0.4, 0.5) is 9.59 Å². The van der Waals surface area contributed by atoms with Crippen LogP contribution >= 0.6 is 21.6 Å². The topological polar surface area (TPSA) is 112 Å². The first-order valence-electron chi connectivity index (χ1n) is 19.4. The van der Waals surface area contributed by atoms with E-state index in [1.807, 2.05) is 19.6 Å². The Morgan fingerprint density at radius 3 is 1.26 bits per heavy atom. The Morgan fingerprint density at radius 1 is 0.580 bits per heavy atom. The molecule has 2 aliphatic heterocycles. The second-order valence-corrected chi connectivity index (χ2v) is 17.8. The van der Waals surface area contributed by atoms with E-state index in [2.05, 4.69) is 34.5 Å². The standard InChI is InChI=1S/C36H66N8O4S2/c1-29(33(45)41-21-17-39(3)18-22-41)37-35(47)43(15-13-31-9-5-6-10-31)25-27-49-50-28-26-44(16-14-32-11-7-8-12-32)36(48)38-30(2)34(46)42-23-19-40(4)20-24-42/h29-32H,5-28H2,1-4H3,(H,37,47)(H,38,48). The number of hydrogen-bond acceptors (Lipinski definition) is 8. The third-order valence-electron chi connectivity index (χ3n) is 11.2. The van der Waals surface area contributed by atoms with Gasteiger partial charge in [-0.15, -0.1) is 0 Å². The maximum absolute atomic E-state index is 13.5. The monoisotopic (exact) mass is 738 g/mol. The van der Waals surface area contributed by atoms with Crippen molar-refractivity contribution in [1.29, 1.82) is 0 Å². The first kappa shape index (κ1) is 40.9. The molecule has 286 valence electrons. The van der Waals surface area contributed by atoms with Crippen LogP contribution in [0.25, 0.3) is 0 Å². The van der Waals surface area contributed by atoms with Crippen LogP contribution < -0.4 is 10.6 Å². The molecule has 0 bridgehead atoms. The van der Waals surface area contributed by atoms with Gasteiger partial charge in [0.1, 0.15) is 12.1 Å². The van der Waals surface area contributed by atoms with Gasteiger partial charge in [-0.1, -0.05) is 73.0 Å². The molecule has 2 N–H and O–H groups in total. The van der Waals surface area contributed by atoms with Crippen molar-refractivity contribution in [2.75, 3.05) is 104 Å². The minimum Gasteiger partial charge on any atom is -0.338 e. The molecule has 2 aliphatic carbocycles. The molecule has 4 rings (SSSR count). The van der Waals surface area contributed by atoms with Crippen LogP contribution in [0.5, 0.6) is 0 Å². The van der Waals surface area contributed by atoms with Crippen LogP contribution in [0.1, 0.15) is 78.1 Å². The molecule has 0 aromatic heterocycles. The third kappa shape index (κ3) is 13.6. The summed E-state index contributed by atoms with van der Waals surface area (Å²) in [7, 11) is 7.60. The molecule has 2 atom stereocenters. The zero-order chi connectivity index (χ0) is 35.9. The molecule has 2 heterocycles. The highest BCUT2D eigenvalue weighted by molar-refractivity contribution is 8.76. The number of amides is 6. The smallest absolute Gasteiger partial charge is 0.318 e. The number of rotatable bonds is 17. The van der Waals surface area contributed by atoms with E-state index < -0.39 is 12.1 Å². The summed E-state index contributed by atoms with van der Waals surface area (Å²) in [5.41, 5.74) is 0. The Kier molecular flexibility index (Phi) is 17.6. The first-order chi connectivity index (χ1) is 24.1. The molecule has 0 aromatic carbocycles. The lowest BCUT2D eigenvalue weighted by Crippen LogP contribution is -2.55. The molecule has 4 aliphatic rings. The fourth-order valence-electron chi connectivity index (χ4n) is 7.60.